The molecule has 0 fully saturated rings. The monoisotopic (exact) mass is 168 g/mol. The fraction of sp³-hybridized carbons (Fsp3) is 0. The topological polar surface area (TPSA) is 61.8 Å². The standard InChI is InChI=1S/C6H4N2O2S/c9-4-3-1-2-10-5(3)8-6(11)7-4/h1-2H,(H2,7,8,9,11). The summed E-state index contributed by atoms with van der Waals surface area (Å²) in [4.78, 5) is 16.2. The van der Waals surface area contributed by atoms with Gasteiger partial charge in [0.15, 0.2) is 4.77 Å². The summed E-state index contributed by atoms with van der Waals surface area (Å²) in [5, 5.41) is 0.485. The molecule has 0 saturated carbocycles. The van der Waals surface area contributed by atoms with Gasteiger partial charge in [-0.2, -0.15) is 0 Å². The minimum absolute atomic E-state index is 0.225. The number of hydrogen-bond acceptors (Lipinski definition) is 3. The van der Waals surface area contributed by atoms with Crippen LogP contribution in [0.1, 0.15) is 0 Å². The minimum Gasteiger partial charge on any atom is -0.448 e. The van der Waals surface area contributed by atoms with Gasteiger partial charge < -0.3 is 9.40 Å². The number of rotatable bonds is 0. The number of furan rings is 1. The molecule has 0 bridgehead atoms. The van der Waals surface area contributed by atoms with E-state index in [1.54, 1.807) is 6.07 Å². The van der Waals surface area contributed by atoms with Gasteiger partial charge >= 0.3 is 0 Å². The summed E-state index contributed by atoms with van der Waals surface area (Å²) >= 11 is 4.72. The van der Waals surface area contributed by atoms with Crippen molar-refractivity contribution in [2.45, 2.75) is 0 Å². The van der Waals surface area contributed by atoms with Crippen molar-refractivity contribution in [2.24, 2.45) is 0 Å². The Balaban J connectivity index is 3.15. The molecular formula is C6H4N2O2S. The van der Waals surface area contributed by atoms with Gasteiger partial charge in [0, 0.05) is 0 Å². The highest BCUT2D eigenvalue weighted by Gasteiger charge is 1.99. The van der Waals surface area contributed by atoms with Gasteiger partial charge in [-0.25, -0.2) is 0 Å². The van der Waals surface area contributed by atoms with E-state index in [4.69, 9.17) is 16.6 Å². The van der Waals surface area contributed by atoms with Crippen LogP contribution >= 0.6 is 12.2 Å². The molecule has 0 aliphatic heterocycles. The van der Waals surface area contributed by atoms with Gasteiger partial charge in [0.1, 0.15) is 5.39 Å². The third-order valence-corrected chi connectivity index (χ3v) is 1.57. The second-order valence-corrected chi connectivity index (χ2v) is 2.48. The first-order valence-corrected chi connectivity index (χ1v) is 3.38. The molecule has 0 aromatic carbocycles. The van der Waals surface area contributed by atoms with Crippen LogP contribution in [0.2, 0.25) is 0 Å². The molecule has 5 heteroatoms. The number of fused-ring (bicyclic) bond motifs is 1. The molecule has 0 saturated heterocycles. The zero-order valence-corrected chi connectivity index (χ0v) is 6.20. The van der Waals surface area contributed by atoms with Crippen molar-refractivity contribution >= 4 is 23.3 Å². The molecule has 2 N–H and O–H groups in total. The first-order valence-electron chi connectivity index (χ1n) is 2.97. The lowest BCUT2D eigenvalue weighted by Gasteiger charge is -1.85. The zero-order chi connectivity index (χ0) is 7.84. The number of aromatic nitrogens is 2. The Bertz CT molecular complexity index is 493. The molecule has 56 valence electrons. The Morgan fingerprint density at radius 2 is 2.27 bits per heavy atom. The first-order chi connectivity index (χ1) is 5.27. The molecule has 0 radical (unpaired) electrons. The van der Waals surface area contributed by atoms with Gasteiger partial charge in [-0.15, -0.1) is 0 Å². The van der Waals surface area contributed by atoms with Crippen LogP contribution < -0.4 is 5.56 Å². The third kappa shape index (κ3) is 0.894. The van der Waals surface area contributed by atoms with Crippen LogP contribution in [-0.2, 0) is 0 Å². The fourth-order valence-corrected chi connectivity index (χ4v) is 1.08. The molecule has 0 unspecified atom stereocenters. The average Bonchev–Trinajstić information content (AvgIpc) is 2.34. The van der Waals surface area contributed by atoms with Crippen LogP contribution in [0.3, 0.4) is 0 Å². The van der Waals surface area contributed by atoms with Gasteiger partial charge in [-0.05, 0) is 18.3 Å². The second-order valence-electron chi connectivity index (χ2n) is 2.07. The van der Waals surface area contributed by atoms with Crippen molar-refractivity contribution in [1.29, 1.82) is 0 Å². The molecule has 4 nitrogen and oxygen atoms in total. The van der Waals surface area contributed by atoms with E-state index in [1.165, 1.54) is 6.26 Å². The lowest BCUT2D eigenvalue weighted by molar-refractivity contribution is 0.601. The van der Waals surface area contributed by atoms with Gasteiger partial charge in [0.05, 0.1) is 6.26 Å². The molecule has 0 spiro atoms. The molecule has 2 rings (SSSR count). The highest BCUT2D eigenvalue weighted by Crippen LogP contribution is 2.04. The van der Waals surface area contributed by atoms with Gasteiger partial charge in [0.2, 0.25) is 5.71 Å². The summed E-state index contributed by atoms with van der Waals surface area (Å²) in [7, 11) is 0. The minimum atomic E-state index is -0.225. The Kier molecular flexibility index (Phi) is 1.19. The molecule has 11 heavy (non-hydrogen) atoms. The largest absolute Gasteiger partial charge is 0.448 e. The summed E-state index contributed by atoms with van der Waals surface area (Å²) in [6.45, 7) is 0. The van der Waals surface area contributed by atoms with Crippen LogP contribution in [-0.4, -0.2) is 9.97 Å². The second kappa shape index (κ2) is 2.06. The highest BCUT2D eigenvalue weighted by molar-refractivity contribution is 7.71. The van der Waals surface area contributed by atoms with E-state index in [1.807, 2.05) is 0 Å². The van der Waals surface area contributed by atoms with Crippen LogP contribution in [0.5, 0.6) is 0 Å². The molecule has 2 heterocycles. The molecule has 2 aromatic rings. The van der Waals surface area contributed by atoms with Crippen molar-refractivity contribution in [2.75, 3.05) is 0 Å². The number of aromatic amines is 2. The number of H-pyrrole nitrogens is 2. The third-order valence-electron chi connectivity index (χ3n) is 1.36. The SMILES string of the molecule is O=c1[nH]c(=S)[nH]c2occc12. The van der Waals surface area contributed by atoms with Crippen LogP contribution in [0.15, 0.2) is 21.5 Å². The highest BCUT2D eigenvalue weighted by atomic mass is 32.1. The smallest absolute Gasteiger partial charge is 0.262 e. The molecule has 2 aromatic heterocycles. The van der Waals surface area contributed by atoms with Gasteiger partial charge in [-0.3, -0.25) is 9.78 Å². The van der Waals surface area contributed by atoms with E-state index >= 15 is 0 Å². The maximum atomic E-state index is 11.1. The van der Waals surface area contributed by atoms with E-state index < -0.39 is 0 Å². The quantitative estimate of drug-likeness (QED) is 0.580. The predicted octanol–water partition coefficient (Wildman–Crippen LogP) is 1.18. The number of hydrogen-bond donors (Lipinski definition) is 2. The normalized spacial score (nSPS) is 10.5. The summed E-state index contributed by atoms with van der Waals surface area (Å²) in [5.41, 5.74) is 0.191. The van der Waals surface area contributed by atoms with E-state index in [-0.39, 0.29) is 10.3 Å². The zero-order valence-electron chi connectivity index (χ0n) is 5.38. The van der Waals surface area contributed by atoms with Crippen molar-refractivity contribution in [3.8, 4) is 0 Å². The van der Waals surface area contributed by atoms with Crippen molar-refractivity contribution in [1.82, 2.24) is 9.97 Å². The average molecular weight is 168 g/mol. The molecule has 0 atom stereocenters. The summed E-state index contributed by atoms with van der Waals surface area (Å²) in [5.74, 6) is 0. The molecule has 0 amide bonds. The maximum absolute atomic E-state index is 11.1. The first kappa shape index (κ1) is 6.36. The molecular weight excluding hydrogens is 164 g/mol. The maximum Gasteiger partial charge on any atom is 0.262 e. The van der Waals surface area contributed by atoms with Gasteiger partial charge in [-0.1, -0.05) is 0 Å². The van der Waals surface area contributed by atoms with Gasteiger partial charge in [0.25, 0.3) is 5.56 Å². The van der Waals surface area contributed by atoms with Crippen LogP contribution in [0.25, 0.3) is 11.1 Å². The van der Waals surface area contributed by atoms with E-state index in [0.29, 0.717) is 11.1 Å². The summed E-state index contributed by atoms with van der Waals surface area (Å²) < 4.78 is 5.21. The Labute approximate surface area is 65.9 Å². The van der Waals surface area contributed by atoms with E-state index in [0.717, 1.165) is 0 Å². The Morgan fingerprint density at radius 3 is 3.09 bits per heavy atom. The fourth-order valence-electron chi connectivity index (χ4n) is 0.890. The Hall–Kier alpha value is -1.36. The van der Waals surface area contributed by atoms with E-state index in [9.17, 15) is 4.79 Å². The summed E-state index contributed by atoms with van der Waals surface area (Å²) in [6.07, 6.45) is 1.44. The van der Waals surface area contributed by atoms with Crippen LogP contribution in [0.4, 0.5) is 0 Å². The Morgan fingerprint density at radius 1 is 1.45 bits per heavy atom. The van der Waals surface area contributed by atoms with E-state index in [2.05, 4.69) is 9.97 Å². The number of nitrogens with one attached hydrogen (secondary N) is 2. The molecule has 0 aliphatic carbocycles. The lowest BCUT2D eigenvalue weighted by Crippen LogP contribution is -2.05. The van der Waals surface area contributed by atoms with Crippen molar-refractivity contribution < 1.29 is 4.42 Å². The van der Waals surface area contributed by atoms with Crippen molar-refractivity contribution in [3.63, 3.8) is 0 Å². The lowest BCUT2D eigenvalue weighted by atomic mass is 10.4. The molecule has 0 aliphatic rings. The predicted molar refractivity (Wildman–Crippen MR) is 42.0 cm³/mol. The van der Waals surface area contributed by atoms with Crippen molar-refractivity contribution in [3.05, 3.63) is 27.5 Å². The summed E-state index contributed by atoms with van der Waals surface area (Å²) in [6, 6.07) is 1.58. The van der Waals surface area contributed by atoms with Crippen LogP contribution in [0, 0.1) is 4.77 Å².